The highest BCUT2D eigenvalue weighted by atomic mass is 16.4. The van der Waals surface area contributed by atoms with Gasteiger partial charge in [0.25, 0.3) is 0 Å². The number of aliphatic carboxylic acids is 1. The Morgan fingerprint density at radius 1 is 1.62 bits per heavy atom. The summed E-state index contributed by atoms with van der Waals surface area (Å²) in [5, 5.41) is 20.4. The van der Waals surface area contributed by atoms with Crippen molar-refractivity contribution in [3.05, 3.63) is 18.2 Å². The molecule has 8 heteroatoms. The number of hydrogen-bond acceptors (Lipinski definition) is 4. The van der Waals surface area contributed by atoms with Crippen LogP contribution in [0, 0.1) is 11.3 Å². The zero-order valence-electron chi connectivity index (χ0n) is 11.5. The topological polar surface area (TPSA) is 122 Å². The highest BCUT2D eigenvalue weighted by Gasteiger charge is 2.34. The lowest BCUT2D eigenvalue weighted by Crippen LogP contribution is -2.49. The van der Waals surface area contributed by atoms with Crippen LogP contribution in [0.15, 0.2) is 12.5 Å². The van der Waals surface area contributed by atoms with Crippen LogP contribution in [0.2, 0.25) is 0 Å². The van der Waals surface area contributed by atoms with Crippen molar-refractivity contribution >= 4 is 12.0 Å². The van der Waals surface area contributed by atoms with Gasteiger partial charge in [-0.25, -0.2) is 14.6 Å². The van der Waals surface area contributed by atoms with Crippen molar-refractivity contribution in [2.24, 2.45) is 0 Å². The first-order valence-electron chi connectivity index (χ1n) is 6.76. The van der Waals surface area contributed by atoms with Gasteiger partial charge in [-0.1, -0.05) is 0 Å². The summed E-state index contributed by atoms with van der Waals surface area (Å²) in [7, 11) is 0. The average molecular weight is 291 g/mol. The summed E-state index contributed by atoms with van der Waals surface area (Å²) < 4.78 is 0. The molecular weight excluding hydrogens is 274 g/mol. The number of carboxylic acid groups (broad SMARTS) is 1. The van der Waals surface area contributed by atoms with Crippen molar-refractivity contribution < 1.29 is 14.7 Å². The van der Waals surface area contributed by atoms with Gasteiger partial charge in [-0.15, -0.1) is 0 Å². The van der Waals surface area contributed by atoms with Gasteiger partial charge in [0.15, 0.2) is 0 Å². The largest absolute Gasteiger partial charge is 0.480 e. The molecule has 1 fully saturated rings. The minimum atomic E-state index is -1.10. The van der Waals surface area contributed by atoms with Gasteiger partial charge in [0.2, 0.25) is 0 Å². The smallest absolute Gasteiger partial charge is 0.326 e. The highest BCUT2D eigenvalue weighted by molar-refractivity contribution is 5.83. The fraction of sp³-hybridized carbons (Fsp3) is 0.538. The minimum Gasteiger partial charge on any atom is -0.480 e. The molecule has 0 saturated heterocycles. The average Bonchev–Trinajstić information content (AvgIpc) is 3.15. The van der Waals surface area contributed by atoms with Crippen molar-refractivity contribution in [3.8, 4) is 6.07 Å². The maximum Gasteiger partial charge on any atom is 0.326 e. The molecule has 1 atom stereocenters. The summed E-state index contributed by atoms with van der Waals surface area (Å²) >= 11 is 0. The number of rotatable bonds is 7. The Morgan fingerprint density at radius 3 is 2.90 bits per heavy atom. The van der Waals surface area contributed by atoms with Gasteiger partial charge < -0.3 is 20.3 Å². The Hall–Kier alpha value is -2.56. The van der Waals surface area contributed by atoms with Gasteiger partial charge in [-0.2, -0.15) is 5.26 Å². The van der Waals surface area contributed by atoms with Crippen LogP contribution in [0.25, 0.3) is 0 Å². The summed E-state index contributed by atoms with van der Waals surface area (Å²) in [6, 6.07) is 0.664. The van der Waals surface area contributed by atoms with E-state index in [1.165, 1.54) is 12.5 Å². The number of carbonyl (C=O) groups is 2. The molecule has 1 heterocycles. The first kappa shape index (κ1) is 14.8. The number of carboxylic acids is 1. The van der Waals surface area contributed by atoms with E-state index in [0.717, 1.165) is 12.8 Å². The molecule has 1 saturated carbocycles. The fourth-order valence-electron chi connectivity index (χ4n) is 2.05. The van der Waals surface area contributed by atoms with Crippen LogP contribution in [-0.4, -0.2) is 50.6 Å². The van der Waals surface area contributed by atoms with E-state index in [1.807, 2.05) is 6.07 Å². The first-order valence-corrected chi connectivity index (χ1v) is 6.76. The van der Waals surface area contributed by atoms with E-state index in [1.54, 1.807) is 4.90 Å². The summed E-state index contributed by atoms with van der Waals surface area (Å²) in [6.07, 6.45) is 5.16. The lowest BCUT2D eigenvalue weighted by atomic mass is 10.1. The number of aromatic nitrogens is 2. The molecule has 0 aromatic carbocycles. The van der Waals surface area contributed by atoms with E-state index in [4.69, 9.17) is 5.26 Å². The second-order valence-corrected chi connectivity index (χ2v) is 4.95. The standard InChI is InChI=1S/C13H17N5O3/c14-4-1-5-18(10-2-3-10)13(21)17-11(12(19)20)6-9-7-15-8-16-9/h7-8,10-11H,1-3,5-6H2,(H,15,16)(H,17,21)(H,19,20)/t11-/m1/s1. The number of H-pyrrole nitrogens is 1. The molecule has 21 heavy (non-hydrogen) atoms. The molecule has 8 nitrogen and oxygen atoms in total. The predicted molar refractivity (Wildman–Crippen MR) is 72.2 cm³/mol. The monoisotopic (exact) mass is 291 g/mol. The van der Waals surface area contributed by atoms with Crippen LogP contribution in [0.4, 0.5) is 4.79 Å². The van der Waals surface area contributed by atoms with Gasteiger partial charge in [0.1, 0.15) is 6.04 Å². The third-order valence-electron chi connectivity index (χ3n) is 3.29. The van der Waals surface area contributed by atoms with E-state index < -0.39 is 18.0 Å². The number of carbonyl (C=O) groups excluding carboxylic acids is 1. The Kier molecular flexibility index (Phi) is 4.77. The zero-order chi connectivity index (χ0) is 15.2. The zero-order valence-corrected chi connectivity index (χ0v) is 11.5. The van der Waals surface area contributed by atoms with Gasteiger partial charge in [-0.05, 0) is 12.8 Å². The fourth-order valence-corrected chi connectivity index (χ4v) is 2.05. The van der Waals surface area contributed by atoms with Gasteiger partial charge in [-0.3, -0.25) is 0 Å². The van der Waals surface area contributed by atoms with Crippen LogP contribution < -0.4 is 5.32 Å². The summed E-state index contributed by atoms with van der Waals surface area (Å²) in [5.74, 6) is -1.10. The van der Waals surface area contributed by atoms with Crippen LogP contribution in [-0.2, 0) is 11.2 Å². The number of nitrogens with one attached hydrogen (secondary N) is 2. The lowest BCUT2D eigenvalue weighted by Gasteiger charge is -2.24. The van der Waals surface area contributed by atoms with E-state index in [-0.39, 0.29) is 18.9 Å². The summed E-state index contributed by atoms with van der Waals surface area (Å²) in [5.41, 5.74) is 0.637. The van der Waals surface area contributed by atoms with Gasteiger partial charge in [0, 0.05) is 30.9 Å². The Bertz CT molecular complexity index is 533. The van der Waals surface area contributed by atoms with E-state index >= 15 is 0 Å². The van der Waals surface area contributed by atoms with E-state index in [2.05, 4.69) is 15.3 Å². The van der Waals surface area contributed by atoms with Crippen molar-refractivity contribution in [2.45, 2.75) is 37.8 Å². The number of nitrogens with zero attached hydrogens (tertiary/aromatic N) is 3. The molecule has 1 aromatic heterocycles. The normalized spacial score (nSPS) is 15.0. The second kappa shape index (κ2) is 6.74. The summed E-state index contributed by atoms with van der Waals surface area (Å²) in [6.45, 7) is 0.323. The Balaban J connectivity index is 1.96. The number of hydrogen-bond donors (Lipinski definition) is 3. The maximum atomic E-state index is 12.2. The molecule has 1 aliphatic carbocycles. The SMILES string of the molecule is N#CCCN(C(=O)N[C@H](Cc1cnc[nH]1)C(=O)O)C1CC1. The summed E-state index contributed by atoms with van der Waals surface area (Å²) in [4.78, 5) is 31.6. The molecular formula is C13H17N5O3. The second-order valence-electron chi connectivity index (χ2n) is 4.95. The molecule has 0 spiro atoms. The first-order chi connectivity index (χ1) is 10.1. The quantitative estimate of drug-likeness (QED) is 0.675. The van der Waals surface area contributed by atoms with Crippen molar-refractivity contribution in [3.63, 3.8) is 0 Å². The predicted octanol–water partition coefficient (Wildman–Crippen LogP) is 0.493. The van der Waals surface area contributed by atoms with Crippen LogP contribution in [0.1, 0.15) is 25.0 Å². The van der Waals surface area contributed by atoms with Crippen molar-refractivity contribution in [2.75, 3.05) is 6.54 Å². The lowest BCUT2D eigenvalue weighted by molar-refractivity contribution is -0.139. The Morgan fingerprint density at radius 2 is 2.38 bits per heavy atom. The minimum absolute atomic E-state index is 0.125. The maximum absolute atomic E-state index is 12.2. The van der Waals surface area contributed by atoms with Gasteiger partial charge >= 0.3 is 12.0 Å². The molecule has 112 valence electrons. The number of nitriles is 1. The number of aromatic amines is 1. The van der Waals surface area contributed by atoms with Crippen molar-refractivity contribution in [1.82, 2.24) is 20.2 Å². The molecule has 2 rings (SSSR count). The van der Waals surface area contributed by atoms with Crippen LogP contribution in [0.3, 0.4) is 0 Å². The molecule has 0 aliphatic heterocycles. The number of amides is 2. The van der Waals surface area contributed by atoms with Crippen LogP contribution in [0.5, 0.6) is 0 Å². The molecule has 1 aliphatic rings. The number of urea groups is 1. The molecule has 0 radical (unpaired) electrons. The highest BCUT2D eigenvalue weighted by Crippen LogP contribution is 2.27. The number of imidazole rings is 1. The van der Waals surface area contributed by atoms with E-state index in [0.29, 0.717) is 12.2 Å². The molecule has 2 amide bonds. The third-order valence-corrected chi connectivity index (χ3v) is 3.29. The molecule has 3 N–H and O–H groups in total. The molecule has 0 unspecified atom stereocenters. The van der Waals surface area contributed by atoms with Crippen LogP contribution >= 0.6 is 0 Å². The van der Waals surface area contributed by atoms with Crippen molar-refractivity contribution in [1.29, 1.82) is 5.26 Å². The van der Waals surface area contributed by atoms with E-state index in [9.17, 15) is 14.7 Å². The van der Waals surface area contributed by atoms with Gasteiger partial charge in [0.05, 0.1) is 18.8 Å². The Labute approximate surface area is 121 Å². The molecule has 1 aromatic rings. The molecule has 0 bridgehead atoms. The third kappa shape index (κ3) is 4.21.